The zero-order valence-corrected chi connectivity index (χ0v) is 16.8. The van der Waals surface area contributed by atoms with Crippen LogP contribution in [-0.4, -0.2) is 62.5 Å². The lowest BCUT2D eigenvalue weighted by Gasteiger charge is -2.25. The Labute approximate surface area is 169 Å². The summed E-state index contributed by atoms with van der Waals surface area (Å²) in [5.41, 5.74) is 0.884. The Morgan fingerprint density at radius 3 is 2.62 bits per heavy atom. The third-order valence-electron chi connectivity index (χ3n) is 4.50. The van der Waals surface area contributed by atoms with E-state index in [1.807, 2.05) is 37.3 Å². The van der Waals surface area contributed by atoms with Crippen LogP contribution in [0.4, 0.5) is 0 Å². The van der Waals surface area contributed by atoms with E-state index in [1.54, 1.807) is 0 Å². The Morgan fingerprint density at radius 2 is 1.93 bits per heavy atom. The number of benzene rings is 1. The number of aromatic amines is 1. The van der Waals surface area contributed by atoms with Crippen molar-refractivity contribution in [1.29, 1.82) is 0 Å². The lowest BCUT2D eigenvalue weighted by molar-refractivity contribution is -0.124. The van der Waals surface area contributed by atoms with Crippen molar-refractivity contribution in [2.45, 2.75) is 17.9 Å². The van der Waals surface area contributed by atoms with Crippen LogP contribution < -0.4 is 5.32 Å². The maximum absolute atomic E-state index is 12.6. The first-order valence-electron chi connectivity index (χ1n) is 9.15. The molecule has 9 nitrogen and oxygen atoms in total. The van der Waals surface area contributed by atoms with Crippen molar-refractivity contribution in [3.05, 3.63) is 53.9 Å². The first kappa shape index (κ1) is 21.0. The summed E-state index contributed by atoms with van der Waals surface area (Å²) in [5, 5.41) is 2.73. The normalized spacial score (nSPS) is 16.2. The molecule has 1 aromatic heterocycles. The van der Waals surface area contributed by atoms with Gasteiger partial charge in [-0.25, -0.2) is 13.2 Å². The van der Waals surface area contributed by atoms with Crippen LogP contribution in [-0.2, 0) is 24.3 Å². The van der Waals surface area contributed by atoms with Crippen LogP contribution >= 0.6 is 0 Å². The molecule has 156 valence electrons. The molecule has 2 aromatic rings. The topological polar surface area (TPSA) is 118 Å². The molecule has 0 aliphatic carbocycles. The highest BCUT2D eigenvalue weighted by Crippen LogP contribution is 2.18. The number of hydrogen-bond donors (Lipinski definition) is 2. The summed E-state index contributed by atoms with van der Waals surface area (Å²) in [7, 11) is -3.72. The van der Waals surface area contributed by atoms with Crippen LogP contribution in [0, 0.1) is 0 Å². The number of carbonyl (C=O) groups is 2. The lowest BCUT2D eigenvalue weighted by atomic mass is 10.1. The fraction of sp³-hybridized carbons (Fsp3) is 0.368. The van der Waals surface area contributed by atoms with Crippen LogP contribution in [0.2, 0.25) is 0 Å². The molecule has 0 bridgehead atoms. The molecule has 10 heteroatoms. The number of sulfonamides is 1. The maximum Gasteiger partial charge on any atom is 0.355 e. The number of esters is 1. The highest BCUT2D eigenvalue weighted by atomic mass is 32.2. The van der Waals surface area contributed by atoms with Crippen LogP contribution in [0.1, 0.15) is 29.0 Å². The molecule has 2 heterocycles. The second-order valence-electron chi connectivity index (χ2n) is 6.54. The molecule has 0 radical (unpaired) electrons. The van der Waals surface area contributed by atoms with Crippen molar-refractivity contribution < 1.29 is 27.5 Å². The molecule has 3 rings (SSSR count). The van der Waals surface area contributed by atoms with Crippen LogP contribution in [0.3, 0.4) is 0 Å². The van der Waals surface area contributed by atoms with Gasteiger partial charge in [0.1, 0.15) is 10.6 Å². The van der Waals surface area contributed by atoms with E-state index in [0.717, 1.165) is 5.56 Å². The van der Waals surface area contributed by atoms with Crippen LogP contribution in [0.25, 0.3) is 0 Å². The summed E-state index contributed by atoms with van der Waals surface area (Å²) >= 11 is 0. The number of aromatic nitrogens is 1. The van der Waals surface area contributed by atoms with Crippen LogP contribution in [0.15, 0.2) is 47.5 Å². The second kappa shape index (κ2) is 9.21. The first-order chi connectivity index (χ1) is 13.9. The van der Waals surface area contributed by atoms with E-state index in [-0.39, 0.29) is 29.7 Å². The average Bonchev–Trinajstić information content (AvgIpc) is 3.24. The maximum atomic E-state index is 12.6. The van der Waals surface area contributed by atoms with Crippen molar-refractivity contribution >= 4 is 21.9 Å². The average molecular weight is 421 g/mol. The predicted molar refractivity (Wildman–Crippen MR) is 104 cm³/mol. The van der Waals surface area contributed by atoms with E-state index >= 15 is 0 Å². The second-order valence-corrected chi connectivity index (χ2v) is 8.48. The third kappa shape index (κ3) is 5.22. The van der Waals surface area contributed by atoms with E-state index in [0.29, 0.717) is 13.2 Å². The molecule has 1 fully saturated rings. The highest BCUT2D eigenvalue weighted by Gasteiger charge is 2.28. The highest BCUT2D eigenvalue weighted by molar-refractivity contribution is 7.89. The molecule has 1 atom stereocenters. The van der Waals surface area contributed by atoms with Gasteiger partial charge in [-0.15, -0.1) is 0 Å². The monoisotopic (exact) mass is 421 g/mol. The molecule has 1 saturated heterocycles. The molecular weight excluding hydrogens is 398 g/mol. The van der Waals surface area contributed by atoms with Gasteiger partial charge in [0.05, 0.1) is 19.3 Å². The van der Waals surface area contributed by atoms with Gasteiger partial charge in [0.25, 0.3) is 5.91 Å². The fourth-order valence-corrected chi connectivity index (χ4v) is 4.30. The fourth-order valence-electron chi connectivity index (χ4n) is 2.89. The molecule has 1 amide bonds. The SMILES string of the molecule is CC(NC(=O)COC(=O)c1cc(S(=O)(=O)N2CCOCC2)c[nH]1)c1ccccc1. The van der Waals surface area contributed by atoms with Gasteiger partial charge in [-0.2, -0.15) is 4.31 Å². The van der Waals surface area contributed by atoms with E-state index in [2.05, 4.69) is 10.3 Å². The molecule has 1 aliphatic heterocycles. The minimum absolute atomic E-state index is 0.0338. The minimum atomic E-state index is -3.72. The molecule has 1 aliphatic rings. The number of ether oxygens (including phenoxy) is 2. The summed E-state index contributed by atoms with van der Waals surface area (Å²) in [5.74, 6) is -1.27. The summed E-state index contributed by atoms with van der Waals surface area (Å²) in [6.45, 7) is 2.52. The Kier molecular flexibility index (Phi) is 6.68. The number of nitrogens with one attached hydrogen (secondary N) is 2. The number of H-pyrrole nitrogens is 1. The van der Waals surface area contributed by atoms with Crippen molar-refractivity contribution in [2.75, 3.05) is 32.9 Å². The van der Waals surface area contributed by atoms with Crippen molar-refractivity contribution in [1.82, 2.24) is 14.6 Å². The smallest absolute Gasteiger partial charge is 0.355 e. The summed E-state index contributed by atoms with van der Waals surface area (Å²) < 4.78 is 36.6. The molecule has 0 spiro atoms. The van der Waals surface area contributed by atoms with Gasteiger partial charge in [-0.05, 0) is 18.6 Å². The molecule has 2 N–H and O–H groups in total. The van der Waals surface area contributed by atoms with E-state index in [4.69, 9.17) is 9.47 Å². The number of carbonyl (C=O) groups excluding carboxylic acids is 2. The summed E-state index contributed by atoms with van der Waals surface area (Å²) in [6.07, 6.45) is 1.24. The summed E-state index contributed by atoms with van der Waals surface area (Å²) in [4.78, 5) is 26.7. The zero-order valence-electron chi connectivity index (χ0n) is 16.0. The van der Waals surface area contributed by atoms with Gasteiger partial charge in [-0.1, -0.05) is 30.3 Å². The Hall–Kier alpha value is -2.69. The van der Waals surface area contributed by atoms with Gasteiger partial charge in [0.15, 0.2) is 6.61 Å². The number of hydrogen-bond acceptors (Lipinski definition) is 6. The Balaban J connectivity index is 1.54. The van der Waals surface area contributed by atoms with Gasteiger partial charge >= 0.3 is 5.97 Å². The summed E-state index contributed by atoms with van der Waals surface area (Å²) in [6, 6.07) is 10.3. The van der Waals surface area contributed by atoms with Crippen molar-refractivity contribution in [3.63, 3.8) is 0 Å². The van der Waals surface area contributed by atoms with E-state index < -0.39 is 28.5 Å². The molecule has 1 aromatic carbocycles. The van der Waals surface area contributed by atoms with Crippen molar-refractivity contribution in [3.8, 4) is 0 Å². The lowest BCUT2D eigenvalue weighted by Crippen LogP contribution is -2.40. The minimum Gasteiger partial charge on any atom is -0.451 e. The quantitative estimate of drug-likeness (QED) is 0.646. The molecule has 29 heavy (non-hydrogen) atoms. The standard InChI is InChI=1S/C19H23N3O6S/c1-14(15-5-3-2-4-6-15)21-18(23)13-28-19(24)17-11-16(12-20-17)29(25,26)22-7-9-27-10-8-22/h2-6,11-12,14,20H,7-10,13H2,1H3,(H,21,23). The Bertz CT molecular complexity index is 951. The number of amides is 1. The van der Waals surface area contributed by atoms with Crippen molar-refractivity contribution in [2.24, 2.45) is 0 Å². The van der Waals surface area contributed by atoms with E-state index in [9.17, 15) is 18.0 Å². The number of rotatable bonds is 7. The number of morpholine rings is 1. The van der Waals surface area contributed by atoms with Gasteiger partial charge in [0.2, 0.25) is 10.0 Å². The first-order valence-corrected chi connectivity index (χ1v) is 10.6. The largest absolute Gasteiger partial charge is 0.451 e. The van der Waals surface area contributed by atoms with Crippen LogP contribution in [0.5, 0.6) is 0 Å². The third-order valence-corrected chi connectivity index (χ3v) is 6.37. The molecule has 0 saturated carbocycles. The zero-order chi connectivity index (χ0) is 20.9. The predicted octanol–water partition coefficient (Wildman–Crippen LogP) is 1.07. The molecule has 1 unspecified atom stereocenters. The van der Waals surface area contributed by atoms with E-state index in [1.165, 1.54) is 16.6 Å². The van der Waals surface area contributed by atoms with Gasteiger partial charge < -0.3 is 19.8 Å². The van der Waals surface area contributed by atoms with Gasteiger partial charge in [0, 0.05) is 19.3 Å². The molecular formula is C19H23N3O6S. The Morgan fingerprint density at radius 1 is 1.24 bits per heavy atom. The van der Waals surface area contributed by atoms with Gasteiger partial charge in [-0.3, -0.25) is 4.79 Å². The number of nitrogens with zero attached hydrogens (tertiary/aromatic N) is 1.